The highest BCUT2D eigenvalue weighted by Crippen LogP contribution is 2.25. The molecule has 1 aliphatic heterocycles. The summed E-state index contributed by atoms with van der Waals surface area (Å²) in [5.41, 5.74) is 0.607. The highest BCUT2D eigenvalue weighted by atomic mass is 32.1. The molecule has 1 amide bonds. The van der Waals surface area contributed by atoms with Crippen LogP contribution in [0.3, 0.4) is 0 Å². The van der Waals surface area contributed by atoms with Crippen LogP contribution in [0, 0.1) is 18.7 Å². The predicted octanol–water partition coefficient (Wildman–Crippen LogP) is 3.11. The molecule has 138 valence electrons. The van der Waals surface area contributed by atoms with Gasteiger partial charge in [-0.05, 0) is 44.0 Å². The Morgan fingerprint density at radius 2 is 2.12 bits per heavy atom. The molecule has 1 N–H and O–H groups in total. The maximum absolute atomic E-state index is 12.9. The first kappa shape index (κ1) is 18.3. The summed E-state index contributed by atoms with van der Waals surface area (Å²) in [7, 11) is 0. The summed E-state index contributed by atoms with van der Waals surface area (Å²) in [6, 6.07) is 5.68. The minimum atomic E-state index is -0.864. The van der Waals surface area contributed by atoms with Crippen molar-refractivity contribution in [2.45, 2.75) is 26.4 Å². The summed E-state index contributed by atoms with van der Waals surface area (Å²) in [5.74, 6) is -1.37. The van der Waals surface area contributed by atoms with Crippen molar-refractivity contribution >= 4 is 23.2 Å². The van der Waals surface area contributed by atoms with Gasteiger partial charge in [-0.2, -0.15) is 0 Å². The number of hydrogen-bond acceptors (Lipinski definition) is 5. The van der Waals surface area contributed by atoms with E-state index in [4.69, 9.17) is 4.74 Å². The van der Waals surface area contributed by atoms with E-state index in [1.807, 2.05) is 0 Å². The normalized spacial score (nSPS) is 17.2. The molecule has 1 saturated heterocycles. The third kappa shape index (κ3) is 4.19. The number of halogens is 1. The van der Waals surface area contributed by atoms with E-state index in [9.17, 15) is 19.1 Å². The van der Waals surface area contributed by atoms with Gasteiger partial charge < -0.3 is 14.7 Å². The zero-order valence-corrected chi connectivity index (χ0v) is 15.1. The lowest BCUT2D eigenvalue weighted by atomic mass is 9.98. The van der Waals surface area contributed by atoms with E-state index in [1.165, 1.54) is 35.6 Å². The minimum absolute atomic E-state index is 0.181. The third-order valence-electron chi connectivity index (χ3n) is 4.27. The number of carboxylic acids is 1. The van der Waals surface area contributed by atoms with Crippen LogP contribution >= 0.6 is 11.3 Å². The molecule has 1 aromatic carbocycles. The minimum Gasteiger partial charge on any atom is -0.486 e. The number of aromatic nitrogens is 1. The topological polar surface area (TPSA) is 79.7 Å². The zero-order valence-electron chi connectivity index (χ0n) is 14.3. The molecule has 8 heteroatoms. The second-order valence-electron chi connectivity index (χ2n) is 6.19. The number of carboxylic acid groups (broad SMARTS) is 1. The lowest BCUT2D eigenvalue weighted by Gasteiger charge is -2.30. The van der Waals surface area contributed by atoms with E-state index in [2.05, 4.69) is 4.98 Å². The van der Waals surface area contributed by atoms with Crippen LogP contribution in [0.25, 0.3) is 0 Å². The summed E-state index contributed by atoms with van der Waals surface area (Å²) in [6.07, 6.45) is 1.28. The SMILES string of the molecule is Cc1nc(COc2ccc(F)cc2)sc1C(=O)N1CCCC(C(=O)O)C1. The number of aryl methyl sites for hydroxylation is 1. The average Bonchev–Trinajstić information content (AvgIpc) is 3.01. The van der Waals surface area contributed by atoms with Crippen LogP contribution in [0.5, 0.6) is 5.75 Å². The molecule has 1 aromatic heterocycles. The van der Waals surface area contributed by atoms with E-state index in [-0.39, 0.29) is 24.9 Å². The Hall–Kier alpha value is -2.48. The fraction of sp³-hybridized carbons (Fsp3) is 0.389. The van der Waals surface area contributed by atoms with Crippen molar-refractivity contribution in [3.8, 4) is 5.75 Å². The van der Waals surface area contributed by atoms with E-state index in [0.29, 0.717) is 40.7 Å². The molecule has 0 bridgehead atoms. The highest BCUT2D eigenvalue weighted by molar-refractivity contribution is 7.13. The van der Waals surface area contributed by atoms with Gasteiger partial charge in [-0.3, -0.25) is 9.59 Å². The van der Waals surface area contributed by atoms with Gasteiger partial charge in [-0.1, -0.05) is 0 Å². The molecular formula is C18H19FN2O4S. The standard InChI is InChI=1S/C18H19FN2O4S/c1-11-16(17(22)21-8-2-3-12(9-21)18(23)24)26-15(20-11)10-25-14-6-4-13(19)5-7-14/h4-7,12H,2-3,8-10H2,1H3,(H,23,24). The number of amides is 1. The number of nitrogens with zero attached hydrogens (tertiary/aromatic N) is 2. The Morgan fingerprint density at radius 1 is 1.38 bits per heavy atom. The molecule has 1 fully saturated rings. The summed E-state index contributed by atoms with van der Waals surface area (Å²) in [5, 5.41) is 9.82. The first-order chi connectivity index (χ1) is 12.4. The highest BCUT2D eigenvalue weighted by Gasteiger charge is 2.30. The van der Waals surface area contributed by atoms with Crippen molar-refractivity contribution < 1.29 is 23.8 Å². The Labute approximate surface area is 154 Å². The molecule has 1 unspecified atom stereocenters. The monoisotopic (exact) mass is 378 g/mol. The van der Waals surface area contributed by atoms with Crippen LogP contribution < -0.4 is 4.74 Å². The molecule has 26 heavy (non-hydrogen) atoms. The predicted molar refractivity (Wildman–Crippen MR) is 93.8 cm³/mol. The first-order valence-electron chi connectivity index (χ1n) is 8.31. The van der Waals surface area contributed by atoms with Gasteiger partial charge in [-0.15, -0.1) is 11.3 Å². The number of hydrogen-bond donors (Lipinski definition) is 1. The second-order valence-corrected chi connectivity index (χ2v) is 7.28. The van der Waals surface area contributed by atoms with Crippen LogP contribution in [-0.2, 0) is 11.4 Å². The van der Waals surface area contributed by atoms with E-state index < -0.39 is 11.9 Å². The molecule has 1 aliphatic rings. The fourth-order valence-electron chi connectivity index (χ4n) is 2.90. The van der Waals surface area contributed by atoms with Crippen LogP contribution in [0.1, 0.15) is 33.2 Å². The molecule has 2 heterocycles. The molecule has 0 spiro atoms. The molecular weight excluding hydrogens is 359 g/mol. The molecule has 3 rings (SSSR count). The molecule has 0 radical (unpaired) electrons. The maximum Gasteiger partial charge on any atom is 0.308 e. The van der Waals surface area contributed by atoms with Crippen molar-refractivity contribution in [1.29, 1.82) is 0 Å². The summed E-state index contributed by atoms with van der Waals surface area (Å²) < 4.78 is 18.5. The van der Waals surface area contributed by atoms with Gasteiger partial charge in [0.15, 0.2) is 0 Å². The number of benzene rings is 1. The lowest BCUT2D eigenvalue weighted by Crippen LogP contribution is -2.42. The summed E-state index contributed by atoms with van der Waals surface area (Å²) in [6.45, 7) is 2.72. The van der Waals surface area contributed by atoms with E-state index >= 15 is 0 Å². The number of thiazole rings is 1. The summed E-state index contributed by atoms with van der Waals surface area (Å²) in [4.78, 5) is 30.4. The number of likely N-dealkylation sites (tertiary alicyclic amines) is 1. The van der Waals surface area contributed by atoms with Gasteiger partial charge in [0.2, 0.25) is 0 Å². The van der Waals surface area contributed by atoms with Gasteiger partial charge in [0.1, 0.15) is 28.1 Å². The second kappa shape index (κ2) is 7.82. The quantitative estimate of drug-likeness (QED) is 0.865. The maximum atomic E-state index is 12.9. The molecule has 0 aliphatic carbocycles. The smallest absolute Gasteiger partial charge is 0.308 e. The Balaban J connectivity index is 1.66. The number of carbonyl (C=O) groups excluding carboxylic acids is 1. The van der Waals surface area contributed by atoms with E-state index in [1.54, 1.807) is 11.8 Å². The Kier molecular flexibility index (Phi) is 5.51. The van der Waals surface area contributed by atoms with Gasteiger partial charge >= 0.3 is 5.97 Å². The number of piperidine rings is 1. The van der Waals surface area contributed by atoms with Crippen molar-refractivity contribution in [1.82, 2.24) is 9.88 Å². The van der Waals surface area contributed by atoms with Gasteiger partial charge in [0, 0.05) is 13.1 Å². The van der Waals surface area contributed by atoms with Crippen molar-refractivity contribution in [3.05, 3.63) is 45.7 Å². The Morgan fingerprint density at radius 3 is 2.81 bits per heavy atom. The Bertz CT molecular complexity index is 806. The lowest BCUT2D eigenvalue weighted by molar-refractivity contribution is -0.143. The number of carbonyl (C=O) groups is 2. The molecule has 2 aromatic rings. The largest absolute Gasteiger partial charge is 0.486 e. The van der Waals surface area contributed by atoms with Crippen LogP contribution in [-0.4, -0.2) is 40.0 Å². The molecule has 6 nitrogen and oxygen atoms in total. The van der Waals surface area contributed by atoms with Gasteiger partial charge in [-0.25, -0.2) is 9.37 Å². The van der Waals surface area contributed by atoms with Gasteiger partial charge in [0.05, 0.1) is 11.6 Å². The van der Waals surface area contributed by atoms with E-state index in [0.717, 1.165) is 0 Å². The van der Waals surface area contributed by atoms with Crippen molar-refractivity contribution in [2.24, 2.45) is 5.92 Å². The van der Waals surface area contributed by atoms with Crippen molar-refractivity contribution in [3.63, 3.8) is 0 Å². The van der Waals surface area contributed by atoms with Crippen LogP contribution in [0.15, 0.2) is 24.3 Å². The molecule has 0 saturated carbocycles. The number of ether oxygens (including phenoxy) is 1. The number of rotatable bonds is 5. The average molecular weight is 378 g/mol. The fourth-order valence-corrected chi connectivity index (χ4v) is 3.84. The van der Waals surface area contributed by atoms with Crippen molar-refractivity contribution in [2.75, 3.05) is 13.1 Å². The third-order valence-corrected chi connectivity index (χ3v) is 5.39. The number of aliphatic carboxylic acids is 1. The first-order valence-corrected chi connectivity index (χ1v) is 9.12. The summed E-state index contributed by atoms with van der Waals surface area (Å²) >= 11 is 1.24. The van der Waals surface area contributed by atoms with Crippen LogP contribution in [0.4, 0.5) is 4.39 Å². The van der Waals surface area contributed by atoms with Gasteiger partial charge in [0.25, 0.3) is 5.91 Å². The van der Waals surface area contributed by atoms with Crippen LogP contribution in [0.2, 0.25) is 0 Å². The molecule has 1 atom stereocenters. The zero-order chi connectivity index (χ0) is 18.7.